The first-order valence-electron chi connectivity index (χ1n) is 6.20. The number of carboxylic acids is 1. The Morgan fingerprint density at radius 2 is 1.90 bits per heavy atom. The van der Waals surface area contributed by atoms with E-state index in [0.717, 1.165) is 0 Å². The smallest absolute Gasteiger partial charge is 0.408 e. The molecule has 7 nitrogen and oxygen atoms in total. The summed E-state index contributed by atoms with van der Waals surface area (Å²) in [6.45, 7) is 4.78. The Morgan fingerprint density at radius 1 is 1.30 bits per heavy atom. The Hall–Kier alpha value is -1.50. The van der Waals surface area contributed by atoms with Crippen LogP contribution in [0, 0.1) is 0 Å². The van der Waals surface area contributed by atoms with E-state index in [9.17, 15) is 14.4 Å². The second-order valence-corrected chi connectivity index (χ2v) is 5.51. The third kappa shape index (κ3) is 9.43. The van der Waals surface area contributed by atoms with E-state index in [0.29, 0.717) is 12.3 Å². The Bertz CT molecular complexity index is 354. The molecule has 20 heavy (non-hydrogen) atoms. The molecule has 3 N–H and O–H groups in total. The predicted octanol–water partition coefficient (Wildman–Crippen LogP) is 1.10. The fourth-order valence-corrected chi connectivity index (χ4v) is 1.32. The van der Waals surface area contributed by atoms with Crippen molar-refractivity contribution < 1.29 is 24.2 Å². The van der Waals surface area contributed by atoms with Gasteiger partial charge in [0.25, 0.3) is 0 Å². The summed E-state index contributed by atoms with van der Waals surface area (Å²) in [5.74, 6) is -1.22. The van der Waals surface area contributed by atoms with Crippen molar-refractivity contribution in [1.29, 1.82) is 0 Å². The molecule has 0 bridgehead atoms. The summed E-state index contributed by atoms with van der Waals surface area (Å²) in [4.78, 5) is 33.8. The van der Waals surface area contributed by atoms with Crippen molar-refractivity contribution in [3.8, 4) is 0 Å². The van der Waals surface area contributed by atoms with E-state index < -0.39 is 23.7 Å². The van der Waals surface area contributed by atoms with Gasteiger partial charge in [0.05, 0.1) is 0 Å². The average Bonchev–Trinajstić information content (AvgIpc) is 2.29. The van der Waals surface area contributed by atoms with Crippen LogP contribution in [0.5, 0.6) is 0 Å². The molecular weight excluding hydrogens is 288 g/mol. The van der Waals surface area contributed by atoms with Crippen LogP contribution in [0.1, 0.15) is 33.6 Å². The van der Waals surface area contributed by atoms with Crippen molar-refractivity contribution in [2.24, 2.45) is 0 Å². The van der Waals surface area contributed by atoms with Crippen molar-refractivity contribution in [1.82, 2.24) is 10.6 Å². The molecule has 0 aliphatic rings. The Kier molecular flexibility index (Phi) is 7.98. The lowest BCUT2D eigenvalue weighted by atomic mass is 10.2. The van der Waals surface area contributed by atoms with Crippen LogP contribution in [0.15, 0.2) is 0 Å². The molecule has 0 fully saturated rings. The Morgan fingerprint density at radius 3 is 2.35 bits per heavy atom. The maximum atomic E-state index is 11.5. The van der Waals surface area contributed by atoms with Crippen molar-refractivity contribution in [2.75, 3.05) is 12.4 Å². The van der Waals surface area contributed by atoms with Gasteiger partial charge in [-0.2, -0.15) is 0 Å². The van der Waals surface area contributed by atoms with Gasteiger partial charge < -0.3 is 20.5 Å². The highest BCUT2D eigenvalue weighted by Gasteiger charge is 2.24. The third-order valence-electron chi connectivity index (χ3n) is 2.03. The minimum Gasteiger partial charge on any atom is -0.480 e. The summed E-state index contributed by atoms with van der Waals surface area (Å²) in [6.07, 6.45) is -0.132. The molecule has 1 unspecified atom stereocenters. The van der Waals surface area contributed by atoms with E-state index in [1.165, 1.54) is 0 Å². The van der Waals surface area contributed by atoms with Crippen LogP contribution < -0.4 is 10.6 Å². The van der Waals surface area contributed by atoms with Crippen LogP contribution >= 0.6 is 11.6 Å². The average molecular weight is 309 g/mol. The molecule has 8 heteroatoms. The number of halogens is 1. The number of carbonyl (C=O) groups is 3. The van der Waals surface area contributed by atoms with Crippen molar-refractivity contribution in [3.05, 3.63) is 0 Å². The zero-order valence-electron chi connectivity index (χ0n) is 11.9. The molecule has 0 spiro atoms. The second kappa shape index (κ2) is 8.63. The lowest BCUT2D eigenvalue weighted by Gasteiger charge is -2.22. The zero-order chi connectivity index (χ0) is 15.8. The van der Waals surface area contributed by atoms with Gasteiger partial charge in [-0.05, 0) is 27.2 Å². The largest absolute Gasteiger partial charge is 0.480 e. The summed E-state index contributed by atoms with van der Waals surface area (Å²) >= 11 is 5.44. The zero-order valence-corrected chi connectivity index (χ0v) is 12.6. The number of carboxylic acid groups (broad SMARTS) is 1. The maximum absolute atomic E-state index is 11.5. The first-order valence-corrected chi connectivity index (χ1v) is 6.74. The molecular formula is C12H21ClN2O5. The minimum atomic E-state index is -1.26. The molecule has 0 aliphatic carbocycles. The number of nitrogens with one attached hydrogen (secondary N) is 2. The molecule has 0 rings (SSSR count). The minimum absolute atomic E-state index is 0.211. The van der Waals surface area contributed by atoms with Gasteiger partial charge >= 0.3 is 12.1 Å². The molecule has 0 radical (unpaired) electrons. The van der Waals surface area contributed by atoms with Gasteiger partial charge in [0, 0.05) is 18.8 Å². The number of hydrogen-bond acceptors (Lipinski definition) is 4. The summed E-state index contributed by atoms with van der Waals surface area (Å²) in [7, 11) is 0. The second-order valence-electron chi connectivity index (χ2n) is 5.13. The van der Waals surface area contributed by atoms with E-state index in [4.69, 9.17) is 21.4 Å². The summed E-state index contributed by atoms with van der Waals surface area (Å²) < 4.78 is 4.95. The number of alkyl halides is 1. The molecule has 0 saturated heterocycles. The van der Waals surface area contributed by atoms with Crippen LogP contribution in [-0.4, -0.2) is 47.1 Å². The number of alkyl carbamates (subject to hydrolysis) is 1. The van der Waals surface area contributed by atoms with E-state index in [1.54, 1.807) is 20.8 Å². The normalized spacial score (nSPS) is 12.4. The van der Waals surface area contributed by atoms with Crippen LogP contribution in [0.25, 0.3) is 0 Å². The van der Waals surface area contributed by atoms with Crippen LogP contribution in [0.4, 0.5) is 4.79 Å². The molecule has 0 heterocycles. The van der Waals surface area contributed by atoms with E-state index in [1.807, 2.05) is 0 Å². The first-order chi connectivity index (χ1) is 9.15. The van der Waals surface area contributed by atoms with Gasteiger partial charge in [-0.1, -0.05) is 0 Å². The van der Waals surface area contributed by atoms with E-state index in [2.05, 4.69) is 10.6 Å². The predicted molar refractivity (Wildman–Crippen MR) is 73.8 cm³/mol. The van der Waals surface area contributed by atoms with Gasteiger partial charge in [-0.15, -0.1) is 11.6 Å². The molecule has 0 saturated carbocycles. The quantitative estimate of drug-likeness (QED) is 0.611. The van der Waals surface area contributed by atoms with Gasteiger partial charge in [0.2, 0.25) is 5.91 Å². The van der Waals surface area contributed by atoms with Crippen molar-refractivity contribution in [3.63, 3.8) is 0 Å². The Balaban J connectivity index is 4.27. The van der Waals surface area contributed by atoms with Gasteiger partial charge in [0.15, 0.2) is 0 Å². The van der Waals surface area contributed by atoms with E-state index >= 15 is 0 Å². The molecule has 0 aliphatic heterocycles. The van der Waals surface area contributed by atoms with Crippen LogP contribution in [0.2, 0.25) is 0 Å². The molecule has 0 aromatic rings. The van der Waals surface area contributed by atoms with Crippen LogP contribution in [0.3, 0.4) is 0 Å². The van der Waals surface area contributed by atoms with Crippen molar-refractivity contribution in [2.45, 2.75) is 45.3 Å². The fraction of sp³-hybridized carbons (Fsp3) is 0.750. The lowest BCUT2D eigenvalue weighted by molar-refractivity contribution is -0.139. The maximum Gasteiger partial charge on any atom is 0.408 e. The number of ether oxygens (including phenoxy) is 1. The molecule has 2 amide bonds. The summed E-state index contributed by atoms with van der Waals surface area (Å²) in [5.41, 5.74) is -0.725. The van der Waals surface area contributed by atoms with Gasteiger partial charge in [-0.3, -0.25) is 4.79 Å². The Labute approximate surface area is 123 Å². The number of aliphatic carboxylic acids is 1. The fourth-order valence-electron chi connectivity index (χ4n) is 1.18. The first kappa shape index (κ1) is 18.5. The summed E-state index contributed by atoms with van der Waals surface area (Å²) in [5, 5.41) is 13.6. The molecule has 0 aromatic carbocycles. The molecule has 1 atom stereocenters. The monoisotopic (exact) mass is 308 g/mol. The number of hydrogen-bond donors (Lipinski definition) is 3. The number of rotatable bonds is 7. The number of amides is 2. The van der Waals surface area contributed by atoms with Crippen molar-refractivity contribution >= 4 is 29.6 Å². The van der Waals surface area contributed by atoms with Gasteiger partial charge in [0.1, 0.15) is 11.6 Å². The molecule has 0 aromatic heterocycles. The van der Waals surface area contributed by atoms with Gasteiger partial charge in [-0.25, -0.2) is 9.59 Å². The lowest BCUT2D eigenvalue weighted by Crippen LogP contribution is -2.49. The topological polar surface area (TPSA) is 105 Å². The number of carbonyl (C=O) groups excluding carboxylic acids is 2. The summed E-state index contributed by atoms with van der Waals surface area (Å²) in [6, 6.07) is -1.25. The molecule has 116 valence electrons. The van der Waals surface area contributed by atoms with E-state index in [-0.39, 0.29) is 18.9 Å². The highest BCUT2D eigenvalue weighted by molar-refractivity contribution is 6.17. The highest BCUT2D eigenvalue weighted by atomic mass is 35.5. The SMILES string of the molecule is CC(C)(C)OC(=O)NC(CNC(=O)CCCCl)C(=O)O. The van der Waals surface area contributed by atoms with Crippen LogP contribution in [-0.2, 0) is 14.3 Å². The third-order valence-corrected chi connectivity index (χ3v) is 2.30. The standard InChI is InChI=1S/C12H21ClN2O5/c1-12(2,3)20-11(19)15-8(10(17)18)7-14-9(16)5-4-6-13/h8H,4-7H2,1-3H3,(H,14,16)(H,15,19)(H,17,18). The highest BCUT2D eigenvalue weighted by Crippen LogP contribution is 2.06.